The molecule has 2 aromatic heterocycles. The molecular weight excluding hydrogens is 588 g/mol. The molecule has 45 heavy (non-hydrogen) atoms. The number of hydrogen-bond acceptors (Lipinski definition) is 7. The summed E-state index contributed by atoms with van der Waals surface area (Å²) in [6.45, 7) is 15.8. The van der Waals surface area contributed by atoms with E-state index in [9.17, 15) is 13.2 Å². The van der Waals surface area contributed by atoms with E-state index >= 15 is 0 Å². The summed E-state index contributed by atoms with van der Waals surface area (Å²) in [5.74, 6) is 0.219. The van der Waals surface area contributed by atoms with E-state index in [-0.39, 0.29) is 52.8 Å². The van der Waals surface area contributed by atoms with Crippen LogP contribution in [0.4, 0.5) is 5.95 Å². The lowest BCUT2D eigenvalue weighted by molar-refractivity contribution is 0.0513. The van der Waals surface area contributed by atoms with Crippen molar-refractivity contribution in [2.24, 2.45) is 11.3 Å². The van der Waals surface area contributed by atoms with Gasteiger partial charge >= 0.3 is 0 Å². The highest BCUT2D eigenvalue weighted by Crippen LogP contribution is 2.31. The highest BCUT2D eigenvalue weighted by Gasteiger charge is 2.32. The van der Waals surface area contributed by atoms with Gasteiger partial charge in [0.25, 0.3) is 15.9 Å². The van der Waals surface area contributed by atoms with Gasteiger partial charge in [-0.2, -0.15) is 10.1 Å². The average Bonchev–Trinajstić information content (AvgIpc) is 3.38. The average molecular weight is 631 g/mol. The summed E-state index contributed by atoms with van der Waals surface area (Å²) >= 11 is 0. The van der Waals surface area contributed by atoms with Gasteiger partial charge in [0.15, 0.2) is 0 Å². The summed E-state index contributed by atoms with van der Waals surface area (Å²) in [6, 6.07) is 13.4. The number of nitrogens with zero attached hydrogens (tertiary/aromatic N) is 5. The second-order valence-electron chi connectivity index (χ2n) is 13.4. The van der Waals surface area contributed by atoms with Crippen LogP contribution < -0.4 is 9.46 Å². The third kappa shape index (κ3) is 7.70. The zero-order chi connectivity index (χ0) is 32.5. The lowest BCUT2D eigenvalue weighted by Gasteiger charge is -2.35. The Balaban J connectivity index is 1.65. The Hall–Kier alpha value is -4.25. The first-order valence-electron chi connectivity index (χ1n) is 15.2. The molecule has 10 nitrogen and oxygen atoms in total. The first-order chi connectivity index (χ1) is 21.2. The Labute approximate surface area is 265 Å². The van der Waals surface area contributed by atoms with Gasteiger partial charge in [0.2, 0.25) is 11.8 Å². The summed E-state index contributed by atoms with van der Waals surface area (Å²) < 4.78 is 38.0. The number of carbonyl (C=O) groups is 1. The molecule has 3 heterocycles. The van der Waals surface area contributed by atoms with E-state index in [4.69, 9.17) is 4.74 Å². The number of ether oxygens (including phenoxy) is 1. The quantitative estimate of drug-likeness (QED) is 0.267. The molecule has 1 aliphatic rings. The Bertz CT molecular complexity index is 1790. The van der Waals surface area contributed by atoms with Crippen molar-refractivity contribution in [1.29, 1.82) is 0 Å². The van der Waals surface area contributed by atoms with Gasteiger partial charge in [-0.15, -0.1) is 0 Å². The van der Waals surface area contributed by atoms with Crippen molar-refractivity contribution < 1.29 is 17.9 Å². The maximum absolute atomic E-state index is 14.3. The third-order valence-corrected chi connectivity index (χ3v) is 8.95. The van der Waals surface area contributed by atoms with Crippen LogP contribution in [0, 0.1) is 25.2 Å². The minimum atomic E-state index is -4.14. The molecule has 0 saturated heterocycles. The largest absolute Gasteiger partial charge is 0.475 e. The van der Waals surface area contributed by atoms with Gasteiger partial charge in [-0.05, 0) is 60.9 Å². The minimum absolute atomic E-state index is 0.0618. The second-order valence-corrected chi connectivity index (χ2v) is 15.1. The van der Waals surface area contributed by atoms with E-state index in [0.717, 1.165) is 28.8 Å². The zero-order valence-electron chi connectivity index (χ0n) is 27.0. The van der Waals surface area contributed by atoms with Gasteiger partial charge in [-0.3, -0.25) is 9.48 Å². The first-order valence-corrected chi connectivity index (χ1v) is 16.7. The van der Waals surface area contributed by atoms with Crippen molar-refractivity contribution in [2.45, 2.75) is 78.9 Å². The molecule has 1 aliphatic heterocycles. The molecule has 1 N–H and O–H groups in total. The lowest BCUT2D eigenvalue weighted by Crippen LogP contribution is -2.45. The van der Waals surface area contributed by atoms with Crippen LogP contribution in [0.2, 0.25) is 0 Å². The van der Waals surface area contributed by atoms with Crippen molar-refractivity contribution in [2.75, 3.05) is 11.3 Å². The summed E-state index contributed by atoms with van der Waals surface area (Å²) in [4.78, 5) is 25.1. The van der Waals surface area contributed by atoms with Gasteiger partial charge in [0, 0.05) is 42.0 Å². The Morgan fingerprint density at radius 2 is 1.76 bits per heavy atom. The number of hydrogen-bond donors (Lipinski definition) is 1. The molecule has 11 heteroatoms. The van der Waals surface area contributed by atoms with Crippen LogP contribution in [0.3, 0.4) is 0 Å². The molecular formula is C34H42N6O4S. The number of anilines is 1. The first kappa shape index (κ1) is 32.2. The summed E-state index contributed by atoms with van der Waals surface area (Å²) in [6.07, 6.45) is 4.36. The maximum Gasteiger partial charge on any atom is 0.264 e. The predicted molar refractivity (Wildman–Crippen MR) is 174 cm³/mol. The van der Waals surface area contributed by atoms with E-state index in [1.54, 1.807) is 29.3 Å². The van der Waals surface area contributed by atoms with Crippen molar-refractivity contribution in [3.05, 3.63) is 83.2 Å². The Kier molecular flexibility index (Phi) is 9.02. The normalized spacial score (nSPS) is 16.8. The van der Waals surface area contributed by atoms with E-state index in [1.165, 1.54) is 12.1 Å². The predicted octanol–water partition coefficient (Wildman–Crippen LogP) is 6.25. The molecule has 238 valence electrons. The van der Waals surface area contributed by atoms with Crippen LogP contribution in [0.1, 0.15) is 68.1 Å². The van der Waals surface area contributed by atoms with Crippen LogP contribution in [-0.4, -0.2) is 51.6 Å². The fourth-order valence-electron chi connectivity index (χ4n) is 5.71. The Morgan fingerprint density at radius 1 is 1.04 bits per heavy atom. The summed E-state index contributed by atoms with van der Waals surface area (Å²) in [7, 11) is -4.14. The lowest BCUT2D eigenvalue weighted by atomic mass is 9.87. The number of sulfonamides is 1. The maximum atomic E-state index is 14.3. The number of benzene rings is 2. The van der Waals surface area contributed by atoms with Crippen LogP contribution in [0.15, 0.2) is 65.8 Å². The second kappa shape index (κ2) is 12.6. The number of fused-ring (bicyclic) bond motifs is 4. The zero-order valence-corrected chi connectivity index (χ0v) is 27.9. The molecule has 0 spiro atoms. The molecule has 5 rings (SSSR count). The fourth-order valence-corrected chi connectivity index (χ4v) is 6.69. The molecule has 1 atom stereocenters. The van der Waals surface area contributed by atoms with Gasteiger partial charge in [0.1, 0.15) is 6.61 Å². The van der Waals surface area contributed by atoms with Crippen LogP contribution >= 0.6 is 0 Å². The van der Waals surface area contributed by atoms with Gasteiger partial charge in [0.05, 0.1) is 22.8 Å². The van der Waals surface area contributed by atoms with E-state index in [0.29, 0.717) is 18.0 Å². The number of aryl methyl sites for hydroxylation is 2. The highest BCUT2D eigenvalue weighted by atomic mass is 32.2. The molecule has 0 saturated carbocycles. The molecule has 4 aromatic rings. The van der Waals surface area contributed by atoms with E-state index in [2.05, 4.69) is 54.4 Å². The number of amides is 1. The molecule has 0 aliphatic carbocycles. The van der Waals surface area contributed by atoms with Crippen molar-refractivity contribution in [1.82, 2.24) is 24.6 Å². The molecule has 0 unspecified atom stereocenters. The fraction of sp³-hybridized carbons (Fsp3) is 0.412. The van der Waals surface area contributed by atoms with Crippen molar-refractivity contribution >= 4 is 21.9 Å². The molecule has 0 fully saturated rings. The van der Waals surface area contributed by atoms with Gasteiger partial charge < -0.3 is 9.64 Å². The number of carbonyl (C=O) groups excluding carboxylic acids is 1. The van der Waals surface area contributed by atoms with Gasteiger partial charge in [-0.25, -0.2) is 18.1 Å². The van der Waals surface area contributed by atoms with Crippen molar-refractivity contribution in [3.8, 4) is 17.1 Å². The van der Waals surface area contributed by atoms with Gasteiger partial charge in [-0.1, -0.05) is 58.9 Å². The summed E-state index contributed by atoms with van der Waals surface area (Å²) in [5, 5.41) is 4.52. The van der Waals surface area contributed by atoms with Crippen LogP contribution in [0.5, 0.6) is 5.88 Å². The van der Waals surface area contributed by atoms with E-state index < -0.39 is 10.0 Å². The van der Waals surface area contributed by atoms with Crippen LogP contribution in [-0.2, 0) is 23.1 Å². The number of rotatable bonds is 6. The molecule has 1 amide bonds. The molecule has 4 bridgehead atoms. The number of nitrogens with one attached hydrogen (secondary N) is 1. The smallest absolute Gasteiger partial charge is 0.264 e. The molecule has 2 aromatic carbocycles. The third-order valence-electron chi connectivity index (χ3n) is 7.62. The van der Waals surface area contributed by atoms with Crippen LogP contribution in [0.25, 0.3) is 11.3 Å². The summed E-state index contributed by atoms with van der Waals surface area (Å²) in [5.41, 5.74) is 4.36. The highest BCUT2D eigenvalue weighted by molar-refractivity contribution is 7.92. The molecule has 0 radical (unpaired) electrons. The minimum Gasteiger partial charge on any atom is -0.475 e. The number of aromatic nitrogens is 4. The topological polar surface area (TPSA) is 119 Å². The standard InChI is InChI=1S/C34H42N6O4S/c1-22(2)18-39-19-25(17-35-39)20-40-27(16-34(5,6)7)21-44-30-15-29(31-23(3)10-8-11-24(31)4)36-33(37-30)38-45(42,43)28-13-9-12-26(14-28)32(40)41/h8-15,17,19,22,27H,16,18,20-21H2,1-7H3,(H,36,37,38)/t27-/m1/s1. The monoisotopic (exact) mass is 630 g/mol. The van der Waals surface area contributed by atoms with E-state index in [1.807, 2.05) is 42.9 Å². The Morgan fingerprint density at radius 3 is 2.44 bits per heavy atom. The van der Waals surface area contributed by atoms with Crippen molar-refractivity contribution in [3.63, 3.8) is 0 Å². The SMILES string of the molecule is Cc1cccc(C)c1-c1cc2nc(n1)NS(=O)(=O)c1cccc(c1)C(=O)N(Cc1cnn(CC(C)C)c1)[C@H](CC(C)(C)C)CO2.